The smallest absolute Gasteiger partial charge is 0.253 e. The van der Waals surface area contributed by atoms with Crippen molar-refractivity contribution >= 4 is 5.91 Å². The normalized spacial score (nSPS) is 23.1. The number of benzene rings is 1. The summed E-state index contributed by atoms with van der Waals surface area (Å²) in [5.74, 6) is 0.581. The van der Waals surface area contributed by atoms with Crippen molar-refractivity contribution in [1.29, 1.82) is 0 Å². The van der Waals surface area contributed by atoms with E-state index in [4.69, 9.17) is 14.2 Å². The summed E-state index contributed by atoms with van der Waals surface area (Å²) in [6.45, 7) is 3.42. The maximum Gasteiger partial charge on any atom is 0.253 e. The Morgan fingerprint density at radius 3 is 2.62 bits per heavy atom. The number of amides is 1. The molecule has 0 N–H and O–H groups in total. The molecule has 0 saturated carbocycles. The average molecular weight is 289 g/mol. The lowest BCUT2D eigenvalue weighted by atomic mass is 10.0. The van der Waals surface area contributed by atoms with Crippen LogP contribution in [0.15, 0.2) is 18.2 Å². The van der Waals surface area contributed by atoms with Crippen molar-refractivity contribution in [2.24, 2.45) is 0 Å². The van der Waals surface area contributed by atoms with Gasteiger partial charge in [-0.3, -0.25) is 4.79 Å². The fraction of sp³-hybridized carbons (Fsp3) is 0.562. The Labute approximate surface area is 123 Å². The molecular formula is C16H19NO4. The molecule has 5 heteroatoms. The van der Waals surface area contributed by atoms with Crippen LogP contribution in [0.25, 0.3) is 0 Å². The van der Waals surface area contributed by atoms with Crippen molar-refractivity contribution in [1.82, 2.24) is 4.90 Å². The van der Waals surface area contributed by atoms with Gasteiger partial charge in [-0.05, 0) is 23.8 Å². The Balaban J connectivity index is 1.46. The lowest BCUT2D eigenvalue weighted by Gasteiger charge is -2.37. The van der Waals surface area contributed by atoms with Crippen molar-refractivity contribution in [2.45, 2.75) is 25.0 Å². The number of hydrogen-bond acceptors (Lipinski definition) is 4. The molecule has 5 nitrogen and oxygen atoms in total. The van der Waals surface area contributed by atoms with Gasteiger partial charge < -0.3 is 19.1 Å². The molecule has 2 saturated heterocycles. The van der Waals surface area contributed by atoms with Crippen LogP contribution in [-0.2, 0) is 15.9 Å². The van der Waals surface area contributed by atoms with Gasteiger partial charge in [-0.15, -0.1) is 0 Å². The SMILES string of the molecule is O=C(c1ccc2c(c1)CCO2)N1CCC2(CC1)OCCO2. The molecule has 3 aliphatic heterocycles. The van der Waals surface area contributed by atoms with Crippen LogP contribution in [0.4, 0.5) is 0 Å². The number of carbonyl (C=O) groups is 1. The highest BCUT2D eigenvalue weighted by Gasteiger charge is 2.40. The van der Waals surface area contributed by atoms with Gasteiger partial charge in [-0.25, -0.2) is 0 Å². The van der Waals surface area contributed by atoms with E-state index >= 15 is 0 Å². The zero-order chi connectivity index (χ0) is 14.3. The minimum Gasteiger partial charge on any atom is -0.493 e. The van der Waals surface area contributed by atoms with E-state index in [2.05, 4.69) is 0 Å². The van der Waals surface area contributed by atoms with Crippen molar-refractivity contribution < 1.29 is 19.0 Å². The first-order chi connectivity index (χ1) is 10.3. The zero-order valence-corrected chi connectivity index (χ0v) is 12.0. The first-order valence-electron chi connectivity index (χ1n) is 7.59. The topological polar surface area (TPSA) is 48.0 Å². The van der Waals surface area contributed by atoms with E-state index in [0.29, 0.717) is 32.9 Å². The average Bonchev–Trinajstić information content (AvgIpc) is 3.16. The number of rotatable bonds is 1. The summed E-state index contributed by atoms with van der Waals surface area (Å²) in [5, 5.41) is 0. The van der Waals surface area contributed by atoms with Crippen LogP contribution >= 0.6 is 0 Å². The van der Waals surface area contributed by atoms with Crippen LogP contribution in [0, 0.1) is 0 Å². The predicted octanol–water partition coefficient (Wildman–Crippen LogP) is 1.60. The van der Waals surface area contributed by atoms with Crippen molar-refractivity contribution in [2.75, 3.05) is 32.9 Å². The lowest BCUT2D eigenvalue weighted by molar-refractivity contribution is -0.181. The predicted molar refractivity (Wildman–Crippen MR) is 75.4 cm³/mol. The van der Waals surface area contributed by atoms with E-state index in [1.165, 1.54) is 0 Å². The molecular weight excluding hydrogens is 270 g/mol. The third kappa shape index (κ3) is 2.30. The molecule has 112 valence electrons. The molecule has 0 atom stereocenters. The van der Waals surface area contributed by atoms with Gasteiger partial charge >= 0.3 is 0 Å². The standard InChI is InChI=1S/C16H19NO4/c18-15(13-1-2-14-12(11-13)3-8-19-14)17-6-4-16(5-7-17)20-9-10-21-16/h1-2,11H,3-10H2. The summed E-state index contributed by atoms with van der Waals surface area (Å²) in [5.41, 5.74) is 1.89. The molecule has 0 aromatic heterocycles. The zero-order valence-electron chi connectivity index (χ0n) is 12.0. The summed E-state index contributed by atoms with van der Waals surface area (Å²) in [4.78, 5) is 14.5. The molecule has 0 radical (unpaired) electrons. The van der Waals surface area contributed by atoms with E-state index in [9.17, 15) is 4.79 Å². The summed E-state index contributed by atoms with van der Waals surface area (Å²) in [6.07, 6.45) is 2.40. The Morgan fingerprint density at radius 1 is 1.10 bits per heavy atom. The maximum atomic E-state index is 12.6. The fourth-order valence-corrected chi connectivity index (χ4v) is 3.34. The number of fused-ring (bicyclic) bond motifs is 1. The van der Waals surface area contributed by atoms with Gasteiger partial charge in [-0.2, -0.15) is 0 Å². The Kier molecular flexibility index (Phi) is 3.12. The van der Waals surface area contributed by atoms with Crippen LogP contribution in [0.3, 0.4) is 0 Å². The van der Waals surface area contributed by atoms with E-state index < -0.39 is 5.79 Å². The molecule has 21 heavy (non-hydrogen) atoms. The van der Waals surface area contributed by atoms with Gasteiger partial charge in [0.05, 0.1) is 19.8 Å². The second kappa shape index (κ2) is 5.00. The highest BCUT2D eigenvalue weighted by atomic mass is 16.7. The molecule has 1 aromatic carbocycles. The summed E-state index contributed by atoms with van der Waals surface area (Å²) in [6, 6.07) is 5.74. The third-order valence-electron chi connectivity index (χ3n) is 4.56. The molecule has 0 bridgehead atoms. The molecule has 1 spiro atoms. The number of carbonyl (C=O) groups excluding carboxylic acids is 1. The Morgan fingerprint density at radius 2 is 1.86 bits per heavy atom. The van der Waals surface area contributed by atoms with Crippen LogP contribution in [0.2, 0.25) is 0 Å². The van der Waals surface area contributed by atoms with Crippen molar-refractivity contribution in [3.63, 3.8) is 0 Å². The highest BCUT2D eigenvalue weighted by Crippen LogP contribution is 2.32. The molecule has 0 aliphatic carbocycles. The molecule has 3 aliphatic rings. The number of nitrogens with zero attached hydrogens (tertiary/aromatic N) is 1. The van der Waals surface area contributed by atoms with Gasteiger partial charge in [0.25, 0.3) is 5.91 Å². The molecule has 0 unspecified atom stereocenters. The largest absolute Gasteiger partial charge is 0.493 e. The summed E-state index contributed by atoms with van der Waals surface area (Å²) in [7, 11) is 0. The quantitative estimate of drug-likeness (QED) is 0.788. The number of hydrogen-bond donors (Lipinski definition) is 0. The van der Waals surface area contributed by atoms with Crippen LogP contribution in [0.1, 0.15) is 28.8 Å². The summed E-state index contributed by atoms with van der Waals surface area (Å²) < 4.78 is 16.9. The number of piperidine rings is 1. The van der Waals surface area contributed by atoms with E-state index in [-0.39, 0.29) is 5.91 Å². The fourth-order valence-electron chi connectivity index (χ4n) is 3.34. The van der Waals surface area contributed by atoms with E-state index in [0.717, 1.165) is 36.1 Å². The minimum absolute atomic E-state index is 0.0950. The van der Waals surface area contributed by atoms with Crippen LogP contribution < -0.4 is 4.74 Å². The van der Waals surface area contributed by atoms with Gasteiger partial charge in [0, 0.05) is 37.9 Å². The first kappa shape index (κ1) is 13.1. The monoisotopic (exact) mass is 289 g/mol. The molecule has 1 amide bonds. The lowest BCUT2D eigenvalue weighted by Crippen LogP contribution is -2.47. The van der Waals surface area contributed by atoms with Gasteiger partial charge in [-0.1, -0.05) is 0 Å². The van der Waals surface area contributed by atoms with E-state index in [1.807, 2.05) is 23.1 Å². The first-order valence-corrected chi connectivity index (χ1v) is 7.59. The third-order valence-corrected chi connectivity index (χ3v) is 4.56. The Bertz CT molecular complexity index is 555. The van der Waals surface area contributed by atoms with Gasteiger partial charge in [0.1, 0.15) is 5.75 Å². The molecule has 1 aromatic rings. The highest BCUT2D eigenvalue weighted by molar-refractivity contribution is 5.94. The van der Waals surface area contributed by atoms with Gasteiger partial charge in [0.15, 0.2) is 5.79 Å². The minimum atomic E-state index is -0.428. The second-order valence-electron chi connectivity index (χ2n) is 5.82. The van der Waals surface area contributed by atoms with E-state index in [1.54, 1.807) is 0 Å². The van der Waals surface area contributed by atoms with Crippen LogP contribution in [-0.4, -0.2) is 49.5 Å². The second-order valence-corrected chi connectivity index (χ2v) is 5.82. The van der Waals surface area contributed by atoms with Crippen LogP contribution in [0.5, 0.6) is 5.75 Å². The van der Waals surface area contributed by atoms with Crippen molar-refractivity contribution in [3.8, 4) is 5.75 Å². The Hall–Kier alpha value is -1.59. The van der Waals surface area contributed by atoms with Crippen molar-refractivity contribution in [3.05, 3.63) is 29.3 Å². The maximum absolute atomic E-state index is 12.6. The molecule has 3 heterocycles. The van der Waals surface area contributed by atoms with Gasteiger partial charge in [0.2, 0.25) is 0 Å². The number of likely N-dealkylation sites (tertiary alicyclic amines) is 1. The molecule has 2 fully saturated rings. The molecule has 4 rings (SSSR count). The summed E-state index contributed by atoms with van der Waals surface area (Å²) >= 11 is 0. The number of ether oxygens (including phenoxy) is 3.